The number of unbranched alkanes of at least 4 members (excludes halogenated alkanes) is 8. The van der Waals surface area contributed by atoms with Gasteiger partial charge >= 0.3 is 0 Å². The van der Waals surface area contributed by atoms with Crippen LogP contribution in [0.5, 0.6) is 0 Å². The fraction of sp³-hybridized carbons (Fsp3) is 0.739. The lowest BCUT2D eigenvalue weighted by Crippen LogP contribution is -2.01. The van der Waals surface area contributed by atoms with E-state index in [9.17, 15) is 0 Å². The Labute approximate surface area is 146 Å². The van der Waals surface area contributed by atoms with E-state index in [0.717, 1.165) is 0 Å². The van der Waals surface area contributed by atoms with E-state index in [0.29, 0.717) is 0 Å². The Morgan fingerprint density at radius 3 is 1.70 bits per heavy atom. The first-order valence-electron chi connectivity index (χ1n) is 10.4. The molecular formula is C23H40. The molecule has 0 unspecified atom stereocenters. The Hall–Kier alpha value is -0.780. The zero-order valence-corrected chi connectivity index (χ0v) is 16.1. The molecule has 0 atom stereocenters. The molecule has 0 nitrogen and oxygen atoms in total. The van der Waals surface area contributed by atoms with Crippen molar-refractivity contribution in [2.45, 2.75) is 111 Å². The van der Waals surface area contributed by atoms with Crippen molar-refractivity contribution >= 4 is 0 Å². The molecule has 0 heteroatoms. The number of rotatable bonds is 14. The minimum absolute atomic E-state index is 1.26. The van der Waals surface area contributed by atoms with Crippen molar-refractivity contribution < 1.29 is 0 Å². The second kappa shape index (κ2) is 13.6. The van der Waals surface area contributed by atoms with Crippen LogP contribution < -0.4 is 0 Å². The Kier molecular flexibility index (Phi) is 12.0. The zero-order chi connectivity index (χ0) is 16.8. The van der Waals surface area contributed by atoms with Gasteiger partial charge in [0.1, 0.15) is 0 Å². The average molecular weight is 317 g/mol. The first kappa shape index (κ1) is 20.3. The molecule has 0 radical (unpaired) electrons. The summed E-state index contributed by atoms with van der Waals surface area (Å²) in [5.74, 6) is 0. The van der Waals surface area contributed by atoms with Gasteiger partial charge in [0.05, 0.1) is 0 Å². The largest absolute Gasteiger partial charge is 0.0654 e. The zero-order valence-electron chi connectivity index (χ0n) is 16.1. The number of benzene rings is 1. The second-order valence-corrected chi connectivity index (χ2v) is 7.13. The van der Waals surface area contributed by atoms with Crippen molar-refractivity contribution in [3.05, 3.63) is 34.9 Å². The summed E-state index contributed by atoms with van der Waals surface area (Å²) in [6.45, 7) is 6.90. The van der Waals surface area contributed by atoms with Gasteiger partial charge in [0.2, 0.25) is 0 Å². The van der Waals surface area contributed by atoms with Crippen LogP contribution in [0.25, 0.3) is 0 Å². The SMILES string of the molecule is CCCCCCCCCc1cccc(CCC)c1CCCCC. The minimum Gasteiger partial charge on any atom is -0.0654 e. The second-order valence-electron chi connectivity index (χ2n) is 7.13. The van der Waals surface area contributed by atoms with Crippen LogP contribution in [0.2, 0.25) is 0 Å². The highest BCUT2D eigenvalue weighted by atomic mass is 14.1. The predicted octanol–water partition coefficient (Wildman–Crippen LogP) is 7.66. The quantitative estimate of drug-likeness (QED) is 0.309. The molecule has 0 bridgehead atoms. The Balaban J connectivity index is 2.49. The lowest BCUT2D eigenvalue weighted by Gasteiger charge is -2.15. The van der Waals surface area contributed by atoms with Crippen LogP contribution in [0.1, 0.15) is 108 Å². The highest BCUT2D eigenvalue weighted by molar-refractivity contribution is 5.36. The molecule has 0 N–H and O–H groups in total. The summed E-state index contributed by atoms with van der Waals surface area (Å²) < 4.78 is 0. The van der Waals surface area contributed by atoms with Crippen LogP contribution >= 0.6 is 0 Å². The number of hydrogen-bond donors (Lipinski definition) is 0. The van der Waals surface area contributed by atoms with E-state index in [1.54, 1.807) is 16.7 Å². The van der Waals surface area contributed by atoms with Gasteiger partial charge in [-0.2, -0.15) is 0 Å². The van der Waals surface area contributed by atoms with Crippen LogP contribution in [0.15, 0.2) is 18.2 Å². The molecular weight excluding hydrogens is 276 g/mol. The highest BCUT2D eigenvalue weighted by Crippen LogP contribution is 2.22. The van der Waals surface area contributed by atoms with Crippen LogP contribution in [-0.2, 0) is 19.3 Å². The third-order valence-electron chi connectivity index (χ3n) is 4.97. The summed E-state index contributed by atoms with van der Waals surface area (Å²) in [5, 5.41) is 0. The Morgan fingerprint density at radius 1 is 0.522 bits per heavy atom. The molecule has 1 aromatic carbocycles. The van der Waals surface area contributed by atoms with Crippen molar-refractivity contribution in [3.63, 3.8) is 0 Å². The molecule has 1 rings (SSSR count). The summed E-state index contributed by atoms with van der Waals surface area (Å²) >= 11 is 0. The fourth-order valence-electron chi connectivity index (χ4n) is 3.57. The van der Waals surface area contributed by atoms with Gasteiger partial charge in [-0.25, -0.2) is 0 Å². The molecule has 132 valence electrons. The minimum atomic E-state index is 1.26. The first-order chi connectivity index (χ1) is 11.3. The van der Waals surface area contributed by atoms with Crippen LogP contribution in [0.4, 0.5) is 0 Å². The van der Waals surface area contributed by atoms with Crippen molar-refractivity contribution in [2.24, 2.45) is 0 Å². The van der Waals surface area contributed by atoms with Gasteiger partial charge in [0.15, 0.2) is 0 Å². The van der Waals surface area contributed by atoms with Gasteiger partial charge in [-0.1, -0.05) is 96.8 Å². The fourth-order valence-corrected chi connectivity index (χ4v) is 3.57. The van der Waals surface area contributed by atoms with E-state index in [4.69, 9.17) is 0 Å². The van der Waals surface area contributed by atoms with E-state index in [1.165, 1.54) is 89.9 Å². The van der Waals surface area contributed by atoms with E-state index in [2.05, 4.69) is 39.0 Å². The van der Waals surface area contributed by atoms with Gasteiger partial charge < -0.3 is 0 Å². The maximum absolute atomic E-state index is 2.40. The summed E-state index contributed by atoms with van der Waals surface area (Å²) in [6.07, 6.45) is 19.0. The van der Waals surface area contributed by atoms with Gasteiger partial charge in [-0.05, 0) is 48.8 Å². The summed E-state index contributed by atoms with van der Waals surface area (Å²) in [5.41, 5.74) is 4.98. The molecule has 0 amide bonds. The van der Waals surface area contributed by atoms with Gasteiger partial charge in [-0.3, -0.25) is 0 Å². The molecule has 0 aliphatic carbocycles. The topological polar surface area (TPSA) is 0 Å². The van der Waals surface area contributed by atoms with Crippen LogP contribution in [-0.4, -0.2) is 0 Å². The molecule has 0 spiro atoms. The molecule has 23 heavy (non-hydrogen) atoms. The number of aryl methyl sites for hydroxylation is 2. The molecule has 0 saturated heterocycles. The molecule has 0 heterocycles. The van der Waals surface area contributed by atoms with E-state index < -0.39 is 0 Å². The summed E-state index contributed by atoms with van der Waals surface area (Å²) in [4.78, 5) is 0. The lowest BCUT2D eigenvalue weighted by molar-refractivity contribution is 0.588. The van der Waals surface area contributed by atoms with Gasteiger partial charge in [-0.15, -0.1) is 0 Å². The maximum atomic E-state index is 2.40. The normalized spacial score (nSPS) is 11.1. The van der Waals surface area contributed by atoms with Crippen LogP contribution in [0, 0.1) is 0 Å². The monoisotopic (exact) mass is 316 g/mol. The smallest absolute Gasteiger partial charge is 0.0273 e. The number of hydrogen-bond acceptors (Lipinski definition) is 0. The van der Waals surface area contributed by atoms with Gasteiger partial charge in [0.25, 0.3) is 0 Å². The third kappa shape index (κ3) is 8.58. The standard InChI is InChI=1S/C23H40/c1-4-7-9-10-11-12-14-17-22-19-15-18-21(16-6-3)23(22)20-13-8-5-2/h15,18-19H,4-14,16-17,20H2,1-3H3. The molecule has 0 aromatic heterocycles. The Morgan fingerprint density at radius 2 is 1.04 bits per heavy atom. The molecule has 0 aliphatic heterocycles. The van der Waals surface area contributed by atoms with Crippen molar-refractivity contribution in [2.75, 3.05) is 0 Å². The summed E-state index contributed by atoms with van der Waals surface area (Å²) in [7, 11) is 0. The molecule has 1 aromatic rings. The predicted molar refractivity (Wildman–Crippen MR) is 105 cm³/mol. The van der Waals surface area contributed by atoms with E-state index in [-0.39, 0.29) is 0 Å². The van der Waals surface area contributed by atoms with Gasteiger partial charge in [0, 0.05) is 0 Å². The third-order valence-corrected chi connectivity index (χ3v) is 4.97. The maximum Gasteiger partial charge on any atom is -0.0273 e. The van der Waals surface area contributed by atoms with Crippen molar-refractivity contribution in [1.82, 2.24) is 0 Å². The first-order valence-corrected chi connectivity index (χ1v) is 10.4. The van der Waals surface area contributed by atoms with Crippen molar-refractivity contribution in [3.8, 4) is 0 Å². The van der Waals surface area contributed by atoms with Crippen molar-refractivity contribution in [1.29, 1.82) is 0 Å². The Bertz CT molecular complexity index is 391. The highest BCUT2D eigenvalue weighted by Gasteiger charge is 2.07. The molecule has 0 aliphatic rings. The summed E-state index contributed by atoms with van der Waals surface area (Å²) in [6, 6.07) is 7.07. The van der Waals surface area contributed by atoms with E-state index in [1.807, 2.05) is 0 Å². The molecule has 0 fully saturated rings. The average Bonchev–Trinajstić information content (AvgIpc) is 2.56. The molecule has 0 saturated carbocycles. The van der Waals surface area contributed by atoms with E-state index >= 15 is 0 Å². The van der Waals surface area contributed by atoms with Crippen LogP contribution in [0.3, 0.4) is 0 Å². The lowest BCUT2D eigenvalue weighted by atomic mass is 9.91.